The van der Waals surface area contributed by atoms with Crippen molar-refractivity contribution in [2.24, 2.45) is 13.0 Å². The topological polar surface area (TPSA) is 128 Å². The van der Waals surface area contributed by atoms with Gasteiger partial charge in [-0.3, -0.25) is 9.58 Å². The Hall–Kier alpha value is -2.74. The largest absolute Gasteiger partial charge is 0.490 e. The predicted octanol–water partition coefficient (Wildman–Crippen LogP) is 0.911. The van der Waals surface area contributed by atoms with Gasteiger partial charge in [0.1, 0.15) is 4.75 Å². The summed E-state index contributed by atoms with van der Waals surface area (Å²) < 4.78 is 63.8. The fourth-order valence-corrected chi connectivity index (χ4v) is 6.33. The van der Waals surface area contributed by atoms with Gasteiger partial charge in [0, 0.05) is 56.8 Å². The maximum Gasteiger partial charge on any atom is 0.490 e. The molecular weight excluding hydrogens is 455 g/mol. The van der Waals surface area contributed by atoms with Gasteiger partial charge in [-0.1, -0.05) is 0 Å². The van der Waals surface area contributed by atoms with Crippen LogP contribution in [-0.2, 0) is 28.2 Å². The molecule has 2 aromatic heterocycles. The molecule has 0 bridgehead atoms. The quantitative estimate of drug-likeness (QED) is 0.668. The zero-order chi connectivity index (χ0) is 23.6. The van der Waals surface area contributed by atoms with Gasteiger partial charge in [0.25, 0.3) is 0 Å². The average Bonchev–Trinajstić information content (AvgIpc) is 3.21. The first-order valence-corrected chi connectivity index (χ1v) is 11.2. The number of carboxylic acid groups (broad SMARTS) is 1. The number of aliphatic carboxylic acids is 1. The molecule has 0 amide bonds. The minimum Gasteiger partial charge on any atom is -0.475 e. The number of halogens is 3. The highest BCUT2D eigenvalue weighted by molar-refractivity contribution is 7.93. The van der Waals surface area contributed by atoms with Crippen molar-refractivity contribution >= 4 is 15.8 Å². The first-order chi connectivity index (χ1) is 14.9. The molecule has 4 heterocycles. The van der Waals surface area contributed by atoms with Crippen LogP contribution >= 0.6 is 0 Å². The lowest BCUT2D eigenvalue weighted by Gasteiger charge is -2.49. The number of rotatable bonds is 5. The van der Waals surface area contributed by atoms with Crippen LogP contribution in [0.4, 0.5) is 13.2 Å². The molecule has 2 aromatic rings. The summed E-state index contributed by atoms with van der Waals surface area (Å²) in [6.07, 6.45) is 2.56. The molecule has 2 saturated heterocycles. The molecule has 1 N–H and O–H groups in total. The summed E-state index contributed by atoms with van der Waals surface area (Å²) in [5.41, 5.74) is 1.10. The van der Waals surface area contributed by atoms with Gasteiger partial charge in [0.2, 0.25) is 0 Å². The van der Waals surface area contributed by atoms with Gasteiger partial charge in [-0.2, -0.15) is 18.3 Å². The van der Waals surface area contributed by atoms with Crippen LogP contribution in [0.2, 0.25) is 0 Å². The fraction of sp³-hybridized carbons (Fsp3) is 0.556. The normalized spacial score (nSPS) is 21.4. The van der Waals surface area contributed by atoms with E-state index in [-0.39, 0.29) is 11.7 Å². The molecule has 0 radical (unpaired) electrons. The lowest BCUT2D eigenvalue weighted by molar-refractivity contribution is -0.192. The van der Waals surface area contributed by atoms with E-state index in [0.717, 1.165) is 12.1 Å². The number of likely N-dealkylation sites (tertiary alicyclic amines) is 1. The van der Waals surface area contributed by atoms with Crippen LogP contribution in [0, 0.1) is 5.92 Å². The highest BCUT2D eigenvalue weighted by Gasteiger charge is 2.61. The Labute approximate surface area is 181 Å². The number of nitrogens with zero attached hydrogens (tertiary/aromatic N) is 5. The Bertz CT molecular complexity index is 1040. The first-order valence-electron chi connectivity index (χ1n) is 9.55. The second-order valence-electron chi connectivity index (χ2n) is 7.68. The van der Waals surface area contributed by atoms with E-state index in [4.69, 9.17) is 14.6 Å². The van der Waals surface area contributed by atoms with E-state index >= 15 is 0 Å². The zero-order valence-electron chi connectivity index (χ0n) is 17.1. The van der Waals surface area contributed by atoms with Crippen molar-refractivity contribution in [1.29, 1.82) is 0 Å². The first kappa shape index (κ1) is 23.9. The Morgan fingerprint density at radius 1 is 1.31 bits per heavy atom. The van der Waals surface area contributed by atoms with Crippen LogP contribution in [0.25, 0.3) is 0 Å². The van der Waals surface area contributed by atoms with Gasteiger partial charge in [-0.15, -0.1) is 0 Å². The van der Waals surface area contributed by atoms with Gasteiger partial charge in [0.05, 0.1) is 18.6 Å². The third-order valence-corrected chi connectivity index (χ3v) is 8.05. The standard InChI is InChI=1S/C16H21N5O3S.C2HF3O2/c1-20-8-13(7-19-20)9-21-11-16(12-21)14(3-6-25(16,22)23)10-24-15-17-4-2-5-18-15;3-2(4,5)1(6)7/h2,4-5,7-8,14H,3,6,9-12H2,1H3;(H,6,7). The van der Waals surface area contributed by atoms with E-state index in [2.05, 4.69) is 20.0 Å². The van der Waals surface area contributed by atoms with Crippen LogP contribution in [0.5, 0.6) is 6.01 Å². The Morgan fingerprint density at radius 2 is 1.94 bits per heavy atom. The number of carbonyl (C=O) groups is 1. The number of alkyl halides is 3. The monoisotopic (exact) mass is 477 g/mol. The summed E-state index contributed by atoms with van der Waals surface area (Å²) in [7, 11) is -1.23. The fourth-order valence-electron chi connectivity index (χ4n) is 3.88. The summed E-state index contributed by atoms with van der Waals surface area (Å²) in [6, 6.07) is 2.02. The summed E-state index contributed by atoms with van der Waals surface area (Å²) >= 11 is 0. The molecule has 1 atom stereocenters. The van der Waals surface area contributed by atoms with Crippen molar-refractivity contribution in [2.45, 2.75) is 23.9 Å². The molecule has 14 heteroatoms. The maximum atomic E-state index is 12.7. The van der Waals surface area contributed by atoms with Crippen molar-refractivity contribution in [3.8, 4) is 6.01 Å². The molecule has 0 aromatic carbocycles. The number of aryl methyl sites for hydroxylation is 1. The molecule has 10 nitrogen and oxygen atoms in total. The summed E-state index contributed by atoms with van der Waals surface area (Å²) in [6.45, 7) is 2.16. The maximum absolute atomic E-state index is 12.7. The molecule has 2 aliphatic rings. The molecule has 0 aliphatic carbocycles. The van der Waals surface area contributed by atoms with Crippen molar-refractivity contribution in [3.63, 3.8) is 0 Å². The molecule has 1 unspecified atom stereocenters. The van der Waals surface area contributed by atoms with Crippen molar-refractivity contribution < 1.29 is 36.2 Å². The van der Waals surface area contributed by atoms with Crippen LogP contribution in [0.3, 0.4) is 0 Å². The minimum atomic E-state index is -5.08. The SMILES string of the molecule is Cn1cc(CN2CC3(C2)C(COc2ncccn2)CCS3(=O)=O)cn1.O=C(O)C(F)(F)F. The highest BCUT2D eigenvalue weighted by Crippen LogP contribution is 2.45. The number of ether oxygens (including phenoxy) is 1. The molecular formula is C18H22F3N5O5S. The van der Waals surface area contributed by atoms with E-state index in [1.807, 2.05) is 19.4 Å². The number of carboxylic acids is 1. The van der Waals surface area contributed by atoms with E-state index in [0.29, 0.717) is 32.1 Å². The third kappa shape index (κ3) is 5.18. The molecule has 0 saturated carbocycles. The molecule has 2 fully saturated rings. The minimum absolute atomic E-state index is 0.0218. The molecule has 4 rings (SSSR count). The summed E-state index contributed by atoms with van der Waals surface area (Å²) in [5.74, 6) is -2.55. The number of hydrogen-bond donors (Lipinski definition) is 1. The number of aromatic nitrogens is 4. The van der Waals surface area contributed by atoms with Gasteiger partial charge in [-0.05, 0) is 12.5 Å². The Kier molecular flexibility index (Phi) is 6.74. The second-order valence-corrected chi connectivity index (χ2v) is 10.1. The van der Waals surface area contributed by atoms with E-state index in [9.17, 15) is 21.6 Å². The predicted molar refractivity (Wildman–Crippen MR) is 104 cm³/mol. The van der Waals surface area contributed by atoms with E-state index < -0.39 is 26.7 Å². The van der Waals surface area contributed by atoms with Gasteiger partial charge >= 0.3 is 18.2 Å². The van der Waals surface area contributed by atoms with Crippen LogP contribution in [-0.4, -0.2) is 80.5 Å². The third-order valence-electron chi connectivity index (χ3n) is 5.44. The zero-order valence-corrected chi connectivity index (χ0v) is 17.9. The van der Waals surface area contributed by atoms with Crippen LogP contribution in [0.1, 0.15) is 12.0 Å². The molecule has 32 heavy (non-hydrogen) atoms. The Morgan fingerprint density at radius 3 is 2.47 bits per heavy atom. The lowest BCUT2D eigenvalue weighted by Crippen LogP contribution is -2.67. The van der Waals surface area contributed by atoms with Crippen molar-refractivity contribution in [2.75, 3.05) is 25.4 Å². The van der Waals surface area contributed by atoms with Crippen LogP contribution < -0.4 is 4.74 Å². The number of sulfone groups is 1. The number of hydrogen-bond acceptors (Lipinski definition) is 8. The summed E-state index contributed by atoms with van der Waals surface area (Å²) in [5, 5.41) is 11.3. The second kappa shape index (κ2) is 9.02. The average molecular weight is 477 g/mol. The van der Waals surface area contributed by atoms with Crippen molar-refractivity contribution in [1.82, 2.24) is 24.6 Å². The highest BCUT2D eigenvalue weighted by atomic mass is 32.2. The van der Waals surface area contributed by atoms with Gasteiger partial charge in [-0.25, -0.2) is 23.2 Å². The lowest BCUT2D eigenvalue weighted by atomic mass is 9.83. The Balaban J connectivity index is 0.000000360. The van der Waals surface area contributed by atoms with E-state index in [1.165, 1.54) is 0 Å². The molecule has 176 valence electrons. The molecule has 1 spiro atoms. The van der Waals surface area contributed by atoms with Gasteiger partial charge < -0.3 is 9.84 Å². The van der Waals surface area contributed by atoms with Crippen molar-refractivity contribution in [3.05, 3.63) is 36.4 Å². The smallest absolute Gasteiger partial charge is 0.475 e. The van der Waals surface area contributed by atoms with E-state index in [1.54, 1.807) is 23.1 Å². The van der Waals surface area contributed by atoms with Gasteiger partial charge in [0.15, 0.2) is 9.84 Å². The summed E-state index contributed by atoms with van der Waals surface area (Å²) in [4.78, 5) is 19.1. The van der Waals surface area contributed by atoms with Crippen LogP contribution in [0.15, 0.2) is 30.9 Å². The molecule has 2 aliphatic heterocycles.